The Morgan fingerprint density at radius 3 is 2.63 bits per heavy atom. The zero-order valence-electron chi connectivity index (χ0n) is 10.2. The predicted molar refractivity (Wildman–Crippen MR) is 82.1 cm³/mol. The molecule has 98 valence electrons. The van der Waals surface area contributed by atoms with Gasteiger partial charge in [-0.2, -0.15) is 0 Å². The fourth-order valence-corrected chi connectivity index (χ4v) is 2.48. The Bertz CT molecular complexity index is 553. The fraction of sp³-hybridized carbons (Fsp3) is 0.0769. The number of thiophene rings is 1. The first-order valence-electron chi connectivity index (χ1n) is 5.47. The first-order valence-corrected chi connectivity index (χ1v) is 6.76. The molecule has 1 amide bonds. The summed E-state index contributed by atoms with van der Waals surface area (Å²) in [7, 11) is 1.61. The van der Waals surface area contributed by atoms with Crippen molar-refractivity contribution in [2.75, 3.05) is 17.3 Å². The third-order valence-corrected chi connectivity index (χ3v) is 3.58. The van der Waals surface area contributed by atoms with Gasteiger partial charge in [0.25, 0.3) is 0 Å². The van der Waals surface area contributed by atoms with Gasteiger partial charge < -0.3 is 10.1 Å². The number of hydrogen-bond acceptors (Lipinski definition) is 4. The zero-order valence-corrected chi connectivity index (χ0v) is 11.8. The molecule has 0 saturated heterocycles. The van der Waals surface area contributed by atoms with E-state index < -0.39 is 0 Å². The summed E-state index contributed by atoms with van der Waals surface area (Å²) in [4.78, 5) is 12.5. The van der Waals surface area contributed by atoms with Crippen LogP contribution in [-0.2, 0) is 4.79 Å². The molecule has 1 aromatic heterocycles. The number of nitrogens with one attached hydrogen (secondary N) is 1. The number of hydrogen-bond donors (Lipinski definition) is 1. The molecule has 0 bridgehead atoms. The van der Waals surface area contributed by atoms with Gasteiger partial charge in [0.1, 0.15) is 10.8 Å². The molecule has 0 aliphatic heterocycles. The molecule has 1 heterocycles. The van der Waals surface area contributed by atoms with Crippen LogP contribution < -0.4 is 15.0 Å². The van der Waals surface area contributed by atoms with E-state index in [1.54, 1.807) is 7.11 Å². The molecule has 0 fully saturated rings. The van der Waals surface area contributed by atoms with E-state index in [9.17, 15) is 4.79 Å². The van der Waals surface area contributed by atoms with Crippen LogP contribution in [0.5, 0.6) is 5.75 Å². The number of rotatable bonds is 4. The average Bonchev–Trinajstić information content (AvgIpc) is 2.94. The highest BCUT2D eigenvalue weighted by molar-refractivity contribution is 7.81. The van der Waals surface area contributed by atoms with Crippen LogP contribution in [-0.4, -0.2) is 18.6 Å². The van der Waals surface area contributed by atoms with E-state index >= 15 is 0 Å². The molecule has 1 N–H and O–H groups in total. The van der Waals surface area contributed by atoms with Gasteiger partial charge in [-0.15, -0.1) is 11.3 Å². The molecular formula is C13H12N2O2S2. The number of ether oxygens (including phenoxy) is 1. The van der Waals surface area contributed by atoms with E-state index in [1.807, 2.05) is 41.8 Å². The highest BCUT2D eigenvalue weighted by Gasteiger charge is 2.12. The van der Waals surface area contributed by atoms with Gasteiger partial charge in [-0.25, -0.2) is 0 Å². The third kappa shape index (κ3) is 3.30. The maximum atomic E-state index is 11.1. The highest BCUT2D eigenvalue weighted by Crippen LogP contribution is 2.21. The molecule has 2 aromatic rings. The lowest BCUT2D eigenvalue weighted by atomic mass is 10.3. The minimum absolute atomic E-state index is 0.336. The average molecular weight is 292 g/mol. The van der Waals surface area contributed by atoms with Gasteiger partial charge >= 0.3 is 0 Å². The zero-order chi connectivity index (χ0) is 13.7. The quantitative estimate of drug-likeness (QED) is 0.694. The van der Waals surface area contributed by atoms with Gasteiger partial charge in [0.15, 0.2) is 5.11 Å². The number of thiocarbonyl (C=S) groups is 1. The molecule has 0 radical (unpaired) electrons. The Balaban J connectivity index is 2.08. The van der Waals surface area contributed by atoms with Crippen LogP contribution in [0.15, 0.2) is 41.8 Å². The van der Waals surface area contributed by atoms with Gasteiger partial charge in [-0.3, -0.25) is 9.69 Å². The summed E-state index contributed by atoms with van der Waals surface area (Å²) in [6, 6.07) is 11.0. The number of amides is 1. The van der Waals surface area contributed by atoms with Crippen molar-refractivity contribution in [2.45, 2.75) is 0 Å². The van der Waals surface area contributed by atoms with Crippen molar-refractivity contribution in [3.05, 3.63) is 41.8 Å². The molecule has 0 unspecified atom stereocenters. The second-order valence-corrected chi connectivity index (χ2v) is 4.90. The van der Waals surface area contributed by atoms with Crippen molar-refractivity contribution in [2.24, 2.45) is 0 Å². The van der Waals surface area contributed by atoms with Gasteiger partial charge in [0.2, 0.25) is 6.41 Å². The number of methoxy groups -OCH3 is 1. The van der Waals surface area contributed by atoms with Crippen LogP contribution >= 0.6 is 23.6 Å². The number of benzene rings is 1. The molecule has 0 aliphatic rings. The highest BCUT2D eigenvalue weighted by atomic mass is 32.1. The van der Waals surface area contributed by atoms with Crippen LogP contribution in [0, 0.1) is 0 Å². The van der Waals surface area contributed by atoms with E-state index in [0.29, 0.717) is 11.5 Å². The molecular weight excluding hydrogens is 280 g/mol. The van der Waals surface area contributed by atoms with Crippen LogP contribution in [0.3, 0.4) is 0 Å². The van der Waals surface area contributed by atoms with Crippen molar-refractivity contribution in [1.82, 2.24) is 0 Å². The summed E-state index contributed by atoms with van der Waals surface area (Å²) in [5.74, 6) is 0.766. The number of anilines is 2. The predicted octanol–water partition coefficient (Wildman–Crippen LogP) is 3.12. The van der Waals surface area contributed by atoms with Crippen molar-refractivity contribution in [3.8, 4) is 5.75 Å². The molecule has 1 aromatic carbocycles. The normalized spacial score (nSPS) is 9.74. The van der Waals surface area contributed by atoms with E-state index in [1.165, 1.54) is 16.2 Å². The van der Waals surface area contributed by atoms with Gasteiger partial charge in [-0.1, -0.05) is 0 Å². The summed E-state index contributed by atoms with van der Waals surface area (Å²) in [5, 5.41) is 6.01. The van der Waals surface area contributed by atoms with Crippen LogP contribution in [0.1, 0.15) is 0 Å². The molecule has 6 heteroatoms. The van der Waals surface area contributed by atoms with Crippen LogP contribution in [0.2, 0.25) is 0 Å². The van der Waals surface area contributed by atoms with Crippen molar-refractivity contribution < 1.29 is 9.53 Å². The second-order valence-electron chi connectivity index (χ2n) is 3.59. The molecule has 0 spiro atoms. The fourth-order valence-electron chi connectivity index (χ4n) is 1.46. The van der Waals surface area contributed by atoms with E-state index in [-0.39, 0.29) is 0 Å². The Kier molecular flexibility index (Phi) is 4.48. The summed E-state index contributed by atoms with van der Waals surface area (Å²) in [6.45, 7) is 0. The van der Waals surface area contributed by atoms with Crippen LogP contribution in [0.4, 0.5) is 10.7 Å². The Hall–Kier alpha value is -1.92. The summed E-state index contributed by atoms with van der Waals surface area (Å²) in [6.07, 6.45) is 0.699. The van der Waals surface area contributed by atoms with Crippen LogP contribution in [0.25, 0.3) is 0 Å². The van der Waals surface area contributed by atoms with E-state index in [0.717, 1.165) is 16.4 Å². The topological polar surface area (TPSA) is 41.6 Å². The SMILES string of the molecule is COc1ccc(NC(=S)N(C=O)c2cccs2)cc1. The minimum atomic E-state index is 0.336. The van der Waals surface area contributed by atoms with Crippen molar-refractivity contribution in [3.63, 3.8) is 0 Å². The lowest BCUT2D eigenvalue weighted by Gasteiger charge is -2.17. The van der Waals surface area contributed by atoms with Gasteiger partial charge in [0, 0.05) is 5.69 Å². The molecule has 19 heavy (non-hydrogen) atoms. The van der Waals surface area contributed by atoms with Gasteiger partial charge in [-0.05, 0) is 54.0 Å². The number of carbonyl (C=O) groups excluding carboxylic acids is 1. The largest absolute Gasteiger partial charge is 0.497 e. The molecule has 0 saturated carbocycles. The number of carbonyl (C=O) groups is 1. The smallest absolute Gasteiger partial charge is 0.221 e. The van der Waals surface area contributed by atoms with E-state index in [2.05, 4.69) is 5.32 Å². The molecule has 4 nitrogen and oxygen atoms in total. The first-order chi connectivity index (χ1) is 9.24. The Morgan fingerprint density at radius 2 is 2.11 bits per heavy atom. The second kappa shape index (κ2) is 6.31. The number of nitrogens with zero attached hydrogens (tertiary/aromatic N) is 1. The third-order valence-electron chi connectivity index (χ3n) is 2.41. The Labute approximate surface area is 120 Å². The van der Waals surface area contributed by atoms with Gasteiger partial charge in [0.05, 0.1) is 7.11 Å². The maximum Gasteiger partial charge on any atom is 0.221 e. The van der Waals surface area contributed by atoms with Crippen molar-refractivity contribution >= 4 is 45.8 Å². The summed E-state index contributed by atoms with van der Waals surface area (Å²) < 4.78 is 5.08. The summed E-state index contributed by atoms with van der Waals surface area (Å²) in [5.41, 5.74) is 0.800. The standard InChI is InChI=1S/C13H12N2O2S2/c1-17-11-6-4-10(5-7-11)14-13(18)15(9-16)12-3-2-8-19-12/h2-9H,1H3,(H,14,18). The Morgan fingerprint density at radius 1 is 1.37 bits per heavy atom. The summed E-state index contributed by atoms with van der Waals surface area (Å²) >= 11 is 6.67. The van der Waals surface area contributed by atoms with E-state index in [4.69, 9.17) is 17.0 Å². The molecule has 2 rings (SSSR count). The first kappa shape index (κ1) is 13.5. The lowest BCUT2D eigenvalue weighted by molar-refractivity contribution is -0.106. The minimum Gasteiger partial charge on any atom is -0.497 e. The van der Waals surface area contributed by atoms with Crippen molar-refractivity contribution in [1.29, 1.82) is 0 Å². The maximum absolute atomic E-state index is 11.1. The molecule has 0 atom stereocenters. The monoisotopic (exact) mass is 292 g/mol. The molecule has 0 aliphatic carbocycles. The lowest BCUT2D eigenvalue weighted by Crippen LogP contribution is -2.32.